The fourth-order valence-corrected chi connectivity index (χ4v) is 6.82. The number of fused-ring (bicyclic) bond motifs is 2. The van der Waals surface area contributed by atoms with Gasteiger partial charge in [0, 0.05) is 18.5 Å². The lowest BCUT2D eigenvalue weighted by Gasteiger charge is -2.26. The highest BCUT2D eigenvalue weighted by Gasteiger charge is 2.34. The van der Waals surface area contributed by atoms with Crippen molar-refractivity contribution in [3.05, 3.63) is 70.2 Å². The van der Waals surface area contributed by atoms with Crippen LogP contribution >= 0.6 is 11.3 Å². The summed E-state index contributed by atoms with van der Waals surface area (Å²) < 4.78 is 27.7. The van der Waals surface area contributed by atoms with Crippen LogP contribution in [0.25, 0.3) is 0 Å². The molecular formula is C24H23N3O4S2. The molecule has 7 nitrogen and oxygen atoms in total. The summed E-state index contributed by atoms with van der Waals surface area (Å²) in [6, 6.07) is 13.3. The summed E-state index contributed by atoms with van der Waals surface area (Å²) >= 11 is 1.19. The Kier molecular flexibility index (Phi) is 5.13. The predicted octanol–water partition coefficient (Wildman–Crippen LogP) is 4.30. The van der Waals surface area contributed by atoms with Crippen molar-refractivity contribution in [3.8, 4) is 0 Å². The van der Waals surface area contributed by atoms with Gasteiger partial charge in [-0.15, -0.1) is 0 Å². The van der Waals surface area contributed by atoms with Crippen LogP contribution in [-0.4, -0.2) is 31.6 Å². The highest BCUT2D eigenvalue weighted by atomic mass is 32.2. The smallest absolute Gasteiger partial charge is 0.264 e. The zero-order valence-corrected chi connectivity index (χ0v) is 19.9. The van der Waals surface area contributed by atoms with Crippen LogP contribution in [0, 0.1) is 5.41 Å². The minimum Gasteiger partial charge on any atom is -0.298 e. The highest BCUT2D eigenvalue weighted by molar-refractivity contribution is 7.92. The standard InChI is InChI=1S/C24H23N3O4S2/c1-24(2)13-18-21(20(28)14-24)32-23(25-18)26-22(29)16-7-9-17(10-8-16)33(30,31)27-12-11-15-5-3-4-6-19(15)27/h3-10H,11-14H2,1-2H3,(H,25,26,29). The van der Waals surface area contributed by atoms with Gasteiger partial charge in [-0.05, 0) is 54.2 Å². The first kappa shape index (κ1) is 21.8. The third kappa shape index (κ3) is 3.95. The predicted molar refractivity (Wildman–Crippen MR) is 128 cm³/mol. The number of anilines is 2. The average molecular weight is 482 g/mol. The van der Waals surface area contributed by atoms with E-state index in [1.807, 2.05) is 32.0 Å². The minimum absolute atomic E-state index is 0.0531. The molecule has 1 amide bonds. The summed E-state index contributed by atoms with van der Waals surface area (Å²) in [5.74, 6) is -0.347. The molecule has 0 fully saturated rings. The SMILES string of the molecule is CC1(C)CC(=O)c2sc(NC(=O)c3ccc(S(=O)(=O)N4CCc5ccccc54)cc3)nc2C1. The van der Waals surface area contributed by atoms with Crippen LogP contribution in [-0.2, 0) is 22.9 Å². The second-order valence-electron chi connectivity index (χ2n) is 9.17. The number of thiazole rings is 1. The summed E-state index contributed by atoms with van der Waals surface area (Å²) in [6.45, 7) is 4.46. The molecule has 170 valence electrons. The number of sulfonamides is 1. The number of rotatable bonds is 4. The van der Waals surface area contributed by atoms with Crippen LogP contribution in [0.5, 0.6) is 0 Å². The van der Waals surface area contributed by atoms with E-state index in [4.69, 9.17) is 0 Å². The molecule has 3 aromatic rings. The van der Waals surface area contributed by atoms with Crippen molar-refractivity contribution in [1.82, 2.24) is 4.98 Å². The fraction of sp³-hybridized carbons (Fsp3) is 0.292. The quantitative estimate of drug-likeness (QED) is 0.599. The molecule has 33 heavy (non-hydrogen) atoms. The average Bonchev–Trinajstić information content (AvgIpc) is 3.37. The van der Waals surface area contributed by atoms with Crippen LogP contribution in [0.1, 0.15) is 51.6 Å². The number of nitrogens with one attached hydrogen (secondary N) is 1. The van der Waals surface area contributed by atoms with Crippen LogP contribution < -0.4 is 9.62 Å². The van der Waals surface area contributed by atoms with E-state index in [1.54, 1.807) is 6.07 Å². The molecule has 2 aromatic carbocycles. The summed E-state index contributed by atoms with van der Waals surface area (Å²) in [7, 11) is -3.72. The van der Waals surface area contributed by atoms with Crippen molar-refractivity contribution < 1.29 is 18.0 Å². The van der Waals surface area contributed by atoms with Gasteiger partial charge in [-0.3, -0.25) is 19.2 Å². The first-order chi connectivity index (χ1) is 15.6. The Hall–Kier alpha value is -3.04. The first-order valence-corrected chi connectivity index (χ1v) is 12.9. The molecule has 0 bridgehead atoms. The molecule has 0 unspecified atom stereocenters. The Bertz CT molecular complexity index is 1370. The maximum atomic E-state index is 13.2. The highest BCUT2D eigenvalue weighted by Crippen LogP contribution is 2.38. The van der Waals surface area contributed by atoms with Crippen molar-refractivity contribution in [2.75, 3.05) is 16.2 Å². The van der Waals surface area contributed by atoms with E-state index in [9.17, 15) is 18.0 Å². The van der Waals surface area contributed by atoms with Gasteiger partial charge in [0.25, 0.3) is 15.9 Å². The van der Waals surface area contributed by atoms with Crippen molar-refractivity contribution in [3.63, 3.8) is 0 Å². The minimum atomic E-state index is -3.72. The summed E-state index contributed by atoms with van der Waals surface area (Å²) in [5, 5.41) is 3.12. The van der Waals surface area contributed by atoms with E-state index in [0.29, 0.717) is 47.1 Å². The number of carbonyl (C=O) groups is 2. The molecular weight excluding hydrogens is 458 g/mol. The van der Waals surface area contributed by atoms with Gasteiger partial charge in [0.1, 0.15) is 0 Å². The van der Waals surface area contributed by atoms with Gasteiger partial charge in [0.15, 0.2) is 10.9 Å². The molecule has 9 heteroatoms. The Morgan fingerprint density at radius 1 is 1.09 bits per heavy atom. The number of amides is 1. The van der Waals surface area contributed by atoms with Crippen molar-refractivity contribution in [2.45, 2.75) is 38.0 Å². The second kappa shape index (κ2) is 7.78. The van der Waals surface area contributed by atoms with Crippen molar-refractivity contribution in [2.24, 2.45) is 5.41 Å². The van der Waals surface area contributed by atoms with Crippen LogP contribution in [0.4, 0.5) is 10.8 Å². The van der Waals surface area contributed by atoms with Gasteiger partial charge in [-0.25, -0.2) is 13.4 Å². The van der Waals surface area contributed by atoms with Gasteiger partial charge in [-0.2, -0.15) is 0 Å². The van der Waals surface area contributed by atoms with E-state index >= 15 is 0 Å². The third-order valence-corrected chi connectivity index (χ3v) is 8.89. The Balaban J connectivity index is 1.33. The summed E-state index contributed by atoms with van der Waals surface area (Å²) in [5.41, 5.74) is 2.60. The lowest BCUT2D eigenvalue weighted by Crippen LogP contribution is -2.29. The van der Waals surface area contributed by atoms with Crippen LogP contribution in [0.15, 0.2) is 53.4 Å². The number of carbonyl (C=O) groups excluding carboxylic acids is 2. The zero-order valence-electron chi connectivity index (χ0n) is 18.3. The Labute approximate surface area is 196 Å². The molecule has 1 aliphatic heterocycles. The van der Waals surface area contributed by atoms with E-state index in [-0.39, 0.29) is 16.1 Å². The molecule has 2 aliphatic rings. The number of nitrogens with zero attached hydrogens (tertiary/aromatic N) is 2. The monoisotopic (exact) mass is 481 g/mol. The number of aromatic nitrogens is 1. The van der Waals surface area contributed by atoms with Gasteiger partial charge in [0.05, 0.1) is 21.2 Å². The van der Waals surface area contributed by atoms with E-state index in [2.05, 4.69) is 10.3 Å². The number of ketones is 1. The third-order valence-electron chi connectivity index (χ3n) is 6.01. The summed E-state index contributed by atoms with van der Waals surface area (Å²) in [4.78, 5) is 30.3. The van der Waals surface area contributed by atoms with Gasteiger partial charge in [0.2, 0.25) is 0 Å². The molecule has 0 atom stereocenters. The first-order valence-electron chi connectivity index (χ1n) is 10.7. The molecule has 1 N–H and O–H groups in total. The van der Waals surface area contributed by atoms with E-state index < -0.39 is 15.9 Å². The maximum Gasteiger partial charge on any atom is 0.264 e. The largest absolute Gasteiger partial charge is 0.298 e. The van der Waals surface area contributed by atoms with Gasteiger partial charge in [-0.1, -0.05) is 43.4 Å². The van der Waals surface area contributed by atoms with Crippen molar-refractivity contribution in [1.29, 1.82) is 0 Å². The van der Waals surface area contributed by atoms with Gasteiger partial charge >= 0.3 is 0 Å². The number of para-hydroxylation sites is 1. The van der Waals surface area contributed by atoms with Crippen LogP contribution in [0.3, 0.4) is 0 Å². The summed E-state index contributed by atoms with van der Waals surface area (Å²) in [6.07, 6.45) is 1.83. The molecule has 1 aliphatic carbocycles. The second-order valence-corrected chi connectivity index (χ2v) is 12.0. The van der Waals surface area contributed by atoms with Crippen LogP contribution in [0.2, 0.25) is 0 Å². The fourth-order valence-electron chi connectivity index (χ4n) is 4.41. The maximum absolute atomic E-state index is 13.2. The molecule has 2 heterocycles. The molecule has 0 saturated heterocycles. The lowest BCUT2D eigenvalue weighted by molar-refractivity contribution is 0.0915. The molecule has 1 aromatic heterocycles. The van der Waals surface area contributed by atoms with E-state index in [1.165, 1.54) is 39.9 Å². The number of Topliss-reactive ketones (excluding diaryl/α,β-unsaturated/α-hetero) is 1. The Morgan fingerprint density at radius 3 is 2.58 bits per heavy atom. The number of hydrogen-bond donors (Lipinski definition) is 1. The zero-order chi connectivity index (χ0) is 23.4. The molecule has 0 radical (unpaired) electrons. The topological polar surface area (TPSA) is 96.4 Å². The number of hydrogen-bond acceptors (Lipinski definition) is 6. The normalized spacial score (nSPS) is 16.9. The van der Waals surface area contributed by atoms with Gasteiger partial charge < -0.3 is 0 Å². The van der Waals surface area contributed by atoms with Crippen molar-refractivity contribution >= 4 is 43.9 Å². The molecule has 0 spiro atoms. The number of benzene rings is 2. The lowest BCUT2D eigenvalue weighted by atomic mass is 9.78. The molecule has 5 rings (SSSR count). The van der Waals surface area contributed by atoms with E-state index in [0.717, 1.165) is 11.3 Å². The molecule has 0 saturated carbocycles. The Morgan fingerprint density at radius 2 is 1.82 bits per heavy atom.